The topological polar surface area (TPSA) is 38.8 Å². The molecule has 0 radical (unpaired) electrons. The number of aryl methyl sites for hydroxylation is 2. The lowest BCUT2D eigenvalue weighted by molar-refractivity contribution is -0.128. The fourth-order valence-corrected chi connectivity index (χ4v) is 3.40. The van der Waals surface area contributed by atoms with Crippen LogP contribution in [-0.2, 0) is 27.1 Å². The average molecular weight is 368 g/mol. The van der Waals surface area contributed by atoms with Crippen LogP contribution in [0.3, 0.4) is 0 Å². The second kappa shape index (κ2) is 10.8. The summed E-state index contributed by atoms with van der Waals surface area (Å²) < 4.78 is 11.6. The van der Waals surface area contributed by atoms with Gasteiger partial charge >= 0.3 is 0 Å². The first kappa shape index (κ1) is 20.2. The van der Waals surface area contributed by atoms with Crippen molar-refractivity contribution in [1.29, 1.82) is 0 Å². The summed E-state index contributed by atoms with van der Waals surface area (Å²) in [4.78, 5) is 14.5. The fraction of sp³-hybridized carbons (Fsp3) is 0.650. The summed E-state index contributed by atoms with van der Waals surface area (Å²) in [6.07, 6.45) is 5.53. The third-order valence-corrected chi connectivity index (χ3v) is 4.63. The zero-order valence-electron chi connectivity index (χ0n) is 15.4. The minimum Gasteiger partial charge on any atom is -0.351 e. The lowest BCUT2D eigenvalue weighted by Gasteiger charge is -2.30. The van der Waals surface area contributed by atoms with Gasteiger partial charge in [0.2, 0.25) is 5.91 Å². The summed E-state index contributed by atoms with van der Waals surface area (Å²) in [7, 11) is 0. The fourth-order valence-electron chi connectivity index (χ4n) is 3.26. The number of nitrogens with zero attached hydrogens (tertiary/aromatic N) is 1. The van der Waals surface area contributed by atoms with Crippen LogP contribution in [0.2, 0.25) is 0 Å². The van der Waals surface area contributed by atoms with Crippen LogP contribution in [-0.4, -0.2) is 37.8 Å². The molecule has 1 amide bonds. The van der Waals surface area contributed by atoms with E-state index >= 15 is 0 Å². The van der Waals surface area contributed by atoms with Crippen LogP contribution < -0.4 is 4.90 Å². The molecule has 0 spiro atoms. The monoisotopic (exact) mass is 367 g/mol. The molecule has 1 fully saturated rings. The van der Waals surface area contributed by atoms with Gasteiger partial charge in [0.25, 0.3) is 0 Å². The number of halogens is 1. The van der Waals surface area contributed by atoms with Crippen LogP contribution in [0, 0.1) is 0 Å². The number of alkyl halides is 1. The molecule has 5 heteroatoms. The van der Waals surface area contributed by atoms with Crippen molar-refractivity contribution in [2.24, 2.45) is 0 Å². The number of hydrogen-bond acceptors (Lipinski definition) is 3. The number of amides is 1. The Morgan fingerprint density at radius 1 is 1.12 bits per heavy atom. The van der Waals surface area contributed by atoms with Crippen LogP contribution in [0.1, 0.15) is 50.7 Å². The maximum Gasteiger partial charge on any atom is 0.242 e. The Labute approximate surface area is 156 Å². The van der Waals surface area contributed by atoms with Crippen LogP contribution in [0.15, 0.2) is 18.2 Å². The van der Waals surface area contributed by atoms with Crippen molar-refractivity contribution in [2.75, 3.05) is 30.5 Å². The molecular weight excluding hydrogens is 338 g/mol. The highest BCUT2D eigenvalue weighted by atomic mass is 35.5. The maximum atomic E-state index is 12.7. The van der Waals surface area contributed by atoms with Crippen molar-refractivity contribution >= 4 is 23.2 Å². The van der Waals surface area contributed by atoms with Crippen molar-refractivity contribution in [3.8, 4) is 0 Å². The van der Waals surface area contributed by atoms with Gasteiger partial charge in [0.1, 0.15) is 5.88 Å². The number of carbonyl (C=O) groups excluding carboxylic acids is 1. The summed E-state index contributed by atoms with van der Waals surface area (Å²) in [5, 5.41) is 0. The highest BCUT2D eigenvalue weighted by Gasteiger charge is 2.25. The molecule has 0 aliphatic carbocycles. The molecule has 0 unspecified atom stereocenters. The van der Waals surface area contributed by atoms with Gasteiger partial charge in [0.05, 0.1) is 12.2 Å². The molecule has 4 nitrogen and oxygen atoms in total. The second-order valence-electron chi connectivity index (χ2n) is 6.44. The van der Waals surface area contributed by atoms with E-state index in [1.807, 2.05) is 0 Å². The third-order valence-electron chi connectivity index (χ3n) is 4.40. The first-order chi connectivity index (χ1) is 12.2. The minimum absolute atomic E-state index is 0.0429. The van der Waals surface area contributed by atoms with Crippen molar-refractivity contribution in [3.05, 3.63) is 29.3 Å². The van der Waals surface area contributed by atoms with E-state index in [-0.39, 0.29) is 18.1 Å². The predicted molar refractivity (Wildman–Crippen MR) is 102 cm³/mol. The Balaban J connectivity index is 2.36. The SMILES string of the molecule is CCCc1cccc(CCC)c1N(CC1OCCCCO1)C(=O)CCl. The quantitative estimate of drug-likeness (QED) is 0.642. The summed E-state index contributed by atoms with van der Waals surface area (Å²) in [5.41, 5.74) is 3.40. The molecule has 1 aromatic rings. The standard InChI is InChI=1S/C20H30ClNO3/c1-3-8-16-10-7-11-17(9-4-2)20(16)22(18(23)14-21)15-19-24-12-5-6-13-25-19/h7,10-11,19H,3-6,8-9,12-15H2,1-2H3. The van der Waals surface area contributed by atoms with Gasteiger partial charge in [-0.15, -0.1) is 11.6 Å². The molecular formula is C20H30ClNO3. The number of anilines is 1. The van der Waals surface area contributed by atoms with Crippen LogP contribution in [0.25, 0.3) is 0 Å². The zero-order valence-corrected chi connectivity index (χ0v) is 16.2. The van der Waals surface area contributed by atoms with Crippen LogP contribution in [0.5, 0.6) is 0 Å². The number of ether oxygens (including phenoxy) is 2. The molecule has 0 saturated carbocycles. The number of carbonyl (C=O) groups is 1. The molecule has 0 N–H and O–H groups in total. The Morgan fingerprint density at radius 3 is 2.16 bits per heavy atom. The maximum absolute atomic E-state index is 12.7. The molecule has 1 aromatic carbocycles. The Bertz CT molecular complexity index is 517. The largest absolute Gasteiger partial charge is 0.351 e. The average Bonchev–Trinajstić information content (AvgIpc) is 2.89. The Kier molecular flexibility index (Phi) is 8.73. The molecule has 0 bridgehead atoms. The van der Waals surface area contributed by atoms with Crippen LogP contribution in [0.4, 0.5) is 5.69 Å². The van der Waals surface area contributed by atoms with Gasteiger partial charge < -0.3 is 14.4 Å². The Morgan fingerprint density at radius 2 is 1.68 bits per heavy atom. The van der Waals surface area contributed by atoms with Crippen molar-refractivity contribution in [2.45, 2.75) is 58.7 Å². The first-order valence-electron chi connectivity index (χ1n) is 9.41. The number of benzene rings is 1. The van der Waals surface area contributed by atoms with E-state index in [2.05, 4.69) is 32.0 Å². The molecule has 0 atom stereocenters. The second-order valence-corrected chi connectivity index (χ2v) is 6.71. The van der Waals surface area contributed by atoms with Gasteiger partial charge in [0, 0.05) is 13.2 Å². The lowest BCUT2D eigenvalue weighted by Crippen LogP contribution is -2.41. The van der Waals surface area contributed by atoms with Crippen molar-refractivity contribution in [1.82, 2.24) is 0 Å². The summed E-state index contributed by atoms with van der Waals surface area (Å²) in [5.74, 6) is -0.141. The third kappa shape index (κ3) is 5.70. The van der Waals surface area contributed by atoms with Crippen LogP contribution >= 0.6 is 11.6 Å². The molecule has 25 heavy (non-hydrogen) atoms. The highest BCUT2D eigenvalue weighted by molar-refractivity contribution is 6.29. The van der Waals surface area contributed by atoms with Gasteiger partial charge in [-0.1, -0.05) is 44.9 Å². The van der Waals surface area contributed by atoms with E-state index in [9.17, 15) is 4.79 Å². The Hall–Kier alpha value is -1.10. The lowest BCUT2D eigenvalue weighted by atomic mass is 9.99. The molecule has 2 rings (SSSR count). The van der Waals surface area contributed by atoms with Crippen molar-refractivity contribution < 1.29 is 14.3 Å². The van der Waals surface area contributed by atoms with E-state index in [4.69, 9.17) is 21.1 Å². The number of para-hydroxylation sites is 1. The van der Waals surface area contributed by atoms with Gasteiger partial charge in [-0.2, -0.15) is 0 Å². The molecule has 1 aliphatic heterocycles. The van der Waals surface area contributed by atoms with E-state index in [1.54, 1.807) is 4.90 Å². The number of hydrogen-bond donors (Lipinski definition) is 0. The van der Waals surface area contributed by atoms with Crippen molar-refractivity contribution in [3.63, 3.8) is 0 Å². The molecule has 1 aliphatic rings. The van der Waals surface area contributed by atoms with E-state index in [0.717, 1.165) is 44.2 Å². The first-order valence-corrected chi connectivity index (χ1v) is 9.95. The molecule has 140 valence electrons. The molecule has 1 saturated heterocycles. The normalized spacial score (nSPS) is 15.8. The van der Waals surface area contributed by atoms with Gasteiger partial charge in [-0.05, 0) is 36.8 Å². The van der Waals surface area contributed by atoms with Gasteiger partial charge in [-0.3, -0.25) is 4.79 Å². The van der Waals surface area contributed by atoms with E-state index in [1.165, 1.54) is 11.1 Å². The van der Waals surface area contributed by atoms with E-state index < -0.39 is 0 Å². The van der Waals surface area contributed by atoms with Gasteiger partial charge in [0.15, 0.2) is 6.29 Å². The molecule has 0 aromatic heterocycles. The minimum atomic E-state index is -0.390. The smallest absolute Gasteiger partial charge is 0.242 e. The summed E-state index contributed by atoms with van der Waals surface area (Å²) in [6, 6.07) is 6.31. The predicted octanol–water partition coefficient (Wildman–Crippen LogP) is 4.32. The summed E-state index contributed by atoms with van der Waals surface area (Å²) in [6.45, 7) is 6.05. The zero-order chi connectivity index (χ0) is 18.1. The van der Waals surface area contributed by atoms with Gasteiger partial charge in [-0.25, -0.2) is 0 Å². The van der Waals surface area contributed by atoms with E-state index in [0.29, 0.717) is 19.8 Å². The molecule has 1 heterocycles. The number of rotatable bonds is 8. The highest BCUT2D eigenvalue weighted by Crippen LogP contribution is 2.29. The summed E-state index contributed by atoms with van der Waals surface area (Å²) >= 11 is 5.93.